The topological polar surface area (TPSA) is 75.4 Å². The molecule has 1 N–H and O–H groups in total. The maximum absolute atomic E-state index is 13.2. The van der Waals surface area contributed by atoms with Gasteiger partial charge in [0.1, 0.15) is 11.6 Å². The lowest BCUT2D eigenvalue weighted by Crippen LogP contribution is -2.31. The number of hydrogen-bond acceptors (Lipinski definition) is 5. The van der Waals surface area contributed by atoms with Gasteiger partial charge in [-0.3, -0.25) is 0 Å². The average Bonchev–Trinajstić information content (AvgIpc) is 3.34. The molecule has 1 atom stereocenters. The van der Waals surface area contributed by atoms with Gasteiger partial charge < -0.3 is 9.42 Å². The molecule has 1 aliphatic rings. The van der Waals surface area contributed by atoms with Gasteiger partial charge in [-0.25, -0.2) is 21.9 Å². The monoisotopic (exact) mass is 435 g/mol. The summed E-state index contributed by atoms with van der Waals surface area (Å²) in [6.45, 7) is 2.96. The number of nitrogens with one attached hydrogen (secondary N) is 1. The van der Waals surface area contributed by atoms with E-state index in [9.17, 15) is 17.2 Å². The average molecular weight is 435 g/mol. The number of rotatable bonds is 8. The fourth-order valence-corrected chi connectivity index (χ4v) is 4.94. The molecule has 1 aliphatic heterocycles. The van der Waals surface area contributed by atoms with Crippen LogP contribution in [0.3, 0.4) is 0 Å². The lowest BCUT2D eigenvalue weighted by Gasteiger charge is -2.16. The van der Waals surface area contributed by atoms with E-state index >= 15 is 0 Å². The van der Waals surface area contributed by atoms with Gasteiger partial charge in [-0.05, 0) is 74.7 Å². The minimum Gasteiger partial charge on any atom is -0.356 e. The second-order valence-corrected chi connectivity index (χ2v) is 9.40. The minimum atomic E-state index is -3.63. The van der Waals surface area contributed by atoms with Crippen LogP contribution in [0.5, 0.6) is 0 Å². The number of benzene rings is 2. The van der Waals surface area contributed by atoms with Crippen molar-refractivity contribution in [1.82, 2.24) is 14.8 Å². The molecule has 30 heavy (non-hydrogen) atoms. The largest absolute Gasteiger partial charge is 0.356 e. The maximum atomic E-state index is 13.2. The summed E-state index contributed by atoms with van der Waals surface area (Å²) in [5, 5.41) is 4.88. The van der Waals surface area contributed by atoms with Gasteiger partial charge in [0.25, 0.3) is 0 Å². The smallest absolute Gasteiger partial charge is 0.240 e. The van der Waals surface area contributed by atoms with Crippen molar-refractivity contribution in [2.45, 2.75) is 24.2 Å². The molecule has 0 radical (unpaired) electrons. The molecule has 1 fully saturated rings. The van der Waals surface area contributed by atoms with Crippen LogP contribution in [0.25, 0.3) is 11.0 Å². The second-order valence-electron chi connectivity index (χ2n) is 7.63. The molecule has 0 amide bonds. The van der Waals surface area contributed by atoms with Crippen molar-refractivity contribution in [3.63, 3.8) is 0 Å². The Balaban J connectivity index is 1.23. The molecule has 0 bridgehead atoms. The summed E-state index contributed by atoms with van der Waals surface area (Å²) in [5.41, 5.74) is 1.28. The van der Waals surface area contributed by atoms with E-state index in [4.69, 9.17) is 4.52 Å². The molecular formula is C21H23F2N3O3S. The van der Waals surface area contributed by atoms with Gasteiger partial charge in [0.15, 0.2) is 5.58 Å². The standard InChI is InChI=1S/C21H23F2N3O3S/c22-16-3-6-18(7-4-16)30(27,28)24-13-15-9-11-26(14-15)10-1-2-20-19-8-5-17(23)12-21(19)29-25-20/h3-8,12,15,24H,1-2,9-11,13-14H2. The number of fused-ring (bicyclic) bond motifs is 1. The normalized spacial score (nSPS) is 17.7. The summed E-state index contributed by atoms with van der Waals surface area (Å²) in [7, 11) is -3.63. The molecule has 160 valence electrons. The third-order valence-corrected chi connectivity index (χ3v) is 6.89. The molecule has 4 rings (SSSR count). The van der Waals surface area contributed by atoms with Crippen molar-refractivity contribution in [3.8, 4) is 0 Å². The highest BCUT2D eigenvalue weighted by atomic mass is 32.2. The second kappa shape index (κ2) is 8.79. The predicted molar refractivity (Wildman–Crippen MR) is 108 cm³/mol. The summed E-state index contributed by atoms with van der Waals surface area (Å²) in [5.74, 6) is -0.578. The van der Waals surface area contributed by atoms with Crippen molar-refractivity contribution in [3.05, 3.63) is 59.8 Å². The molecule has 9 heteroatoms. The fraction of sp³-hybridized carbons (Fsp3) is 0.381. The summed E-state index contributed by atoms with van der Waals surface area (Å²) < 4.78 is 58.7. The molecule has 2 aromatic carbocycles. The van der Waals surface area contributed by atoms with Crippen molar-refractivity contribution in [2.24, 2.45) is 5.92 Å². The van der Waals surface area contributed by atoms with Crippen molar-refractivity contribution in [2.75, 3.05) is 26.2 Å². The molecule has 3 aromatic rings. The first-order chi connectivity index (χ1) is 14.4. The Labute approximate surface area is 173 Å². The highest BCUT2D eigenvalue weighted by Crippen LogP contribution is 2.22. The zero-order valence-electron chi connectivity index (χ0n) is 16.4. The lowest BCUT2D eigenvalue weighted by molar-refractivity contribution is 0.318. The highest BCUT2D eigenvalue weighted by molar-refractivity contribution is 7.89. The SMILES string of the molecule is O=S(=O)(NCC1CCN(CCCc2noc3cc(F)ccc23)C1)c1ccc(F)cc1. The van der Waals surface area contributed by atoms with Crippen LogP contribution in [0, 0.1) is 17.6 Å². The van der Waals surface area contributed by atoms with Crippen LogP contribution in [-0.4, -0.2) is 44.7 Å². The van der Waals surface area contributed by atoms with Gasteiger partial charge in [0.2, 0.25) is 10.0 Å². The van der Waals surface area contributed by atoms with E-state index in [1.165, 1.54) is 24.3 Å². The molecule has 0 aliphatic carbocycles. The minimum absolute atomic E-state index is 0.0680. The number of hydrogen-bond donors (Lipinski definition) is 1. The molecule has 1 aromatic heterocycles. The Morgan fingerprint density at radius 1 is 1.13 bits per heavy atom. The first-order valence-electron chi connectivity index (χ1n) is 9.92. The summed E-state index contributed by atoms with van der Waals surface area (Å²) in [6.07, 6.45) is 2.53. The van der Waals surface area contributed by atoms with Gasteiger partial charge >= 0.3 is 0 Å². The summed E-state index contributed by atoms with van der Waals surface area (Å²) in [6, 6.07) is 9.24. The van der Waals surface area contributed by atoms with Crippen LogP contribution >= 0.6 is 0 Å². The third-order valence-electron chi connectivity index (χ3n) is 5.45. The third kappa shape index (κ3) is 4.85. The fourth-order valence-electron chi connectivity index (χ4n) is 3.82. The molecule has 0 saturated carbocycles. The van der Waals surface area contributed by atoms with Gasteiger partial charge in [-0.2, -0.15) is 0 Å². The Bertz CT molecular complexity index is 1120. The molecule has 1 saturated heterocycles. The van der Waals surface area contributed by atoms with Crippen LogP contribution in [0.2, 0.25) is 0 Å². The Morgan fingerprint density at radius 3 is 2.70 bits per heavy atom. The Kier molecular flexibility index (Phi) is 6.12. The van der Waals surface area contributed by atoms with E-state index in [-0.39, 0.29) is 16.6 Å². The van der Waals surface area contributed by atoms with E-state index < -0.39 is 15.8 Å². The van der Waals surface area contributed by atoms with Crippen LogP contribution in [0.1, 0.15) is 18.5 Å². The number of halogens is 2. The van der Waals surface area contributed by atoms with Gasteiger partial charge in [0, 0.05) is 24.5 Å². The number of sulfonamides is 1. The first kappa shape index (κ1) is 20.9. The lowest BCUT2D eigenvalue weighted by atomic mass is 10.1. The summed E-state index contributed by atoms with van der Waals surface area (Å²) in [4.78, 5) is 2.37. The van der Waals surface area contributed by atoms with Crippen molar-refractivity contribution in [1.29, 1.82) is 0 Å². The number of likely N-dealkylation sites (tertiary alicyclic amines) is 1. The van der Waals surface area contributed by atoms with Gasteiger partial charge in [-0.15, -0.1) is 0 Å². The van der Waals surface area contributed by atoms with E-state index in [0.29, 0.717) is 12.1 Å². The summed E-state index contributed by atoms with van der Waals surface area (Å²) >= 11 is 0. The predicted octanol–water partition coefficient (Wildman–Crippen LogP) is 3.34. The molecule has 2 heterocycles. The number of aryl methyl sites for hydroxylation is 1. The van der Waals surface area contributed by atoms with Crippen LogP contribution < -0.4 is 4.72 Å². The number of nitrogens with zero attached hydrogens (tertiary/aromatic N) is 2. The Morgan fingerprint density at radius 2 is 1.90 bits per heavy atom. The maximum Gasteiger partial charge on any atom is 0.240 e. The molecule has 6 nitrogen and oxygen atoms in total. The van der Waals surface area contributed by atoms with Gasteiger partial charge in [0.05, 0.1) is 10.6 Å². The van der Waals surface area contributed by atoms with Crippen LogP contribution in [-0.2, 0) is 16.4 Å². The number of aromatic nitrogens is 1. The Hall–Kier alpha value is -2.36. The quantitative estimate of drug-likeness (QED) is 0.587. The van der Waals surface area contributed by atoms with E-state index in [2.05, 4.69) is 14.8 Å². The zero-order valence-corrected chi connectivity index (χ0v) is 17.2. The van der Waals surface area contributed by atoms with Crippen molar-refractivity contribution >= 4 is 21.0 Å². The molecule has 0 spiro atoms. The van der Waals surface area contributed by atoms with Crippen LogP contribution in [0.15, 0.2) is 51.9 Å². The van der Waals surface area contributed by atoms with E-state index in [1.54, 1.807) is 6.07 Å². The first-order valence-corrected chi connectivity index (χ1v) is 11.4. The highest BCUT2D eigenvalue weighted by Gasteiger charge is 2.24. The van der Waals surface area contributed by atoms with Gasteiger partial charge in [-0.1, -0.05) is 5.16 Å². The zero-order chi connectivity index (χ0) is 21.1. The van der Waals surface area contributed by atoms with E-state index in [0.717, 1.165) is 62.1 Å². The van der Waals surface area contributed by atoms with Crippen molar-refractivity contribution < 1.29 is 21.7 Å². The van der Waals surface area contributed by atoms with Crippen LogP contribution in [0.4, 0.5) is 8.78 Å². The molecule has 1 unspecified atom stereocenters. The van der Waals surface area contributed by atoms with E-state index in [1.807, 2.05) is 0 Å². The molecular weight excluding hydrogens is 412 g/mol.